The van der Waals surface area contributed by atoms with Gasteiger partial charge in [0.25, 0.3) is 0 Å². The Hall–Kier alpha value is -1.09. The second-order valence-corrected chi connectivity index (χ2v) is 4.29. The highest BCUT2D eigenvalue weighted by atomic mass is 35.5. The standard InChI is InChI=1S/C12H12ClFO2/c1-16-11-5-8-4-7(2-3-14)12(15)9(8)6-10(11)13/h5-7H,2-4H2,1H3/t7-/m0/s1. The van der Waals surface area contributed by atoms with E-state index in [2.05, 4.69) is 0 Å². The van der Waals surface area contributed by atoms with Gasteiger partial charge in [-0.15, -0.1) is 0 Å². The normalized spacial score (nSPS) is 18.7. The fourth-order valence-corrected chi connectivity index (χ4v) is 2.33. The number of fused-ring (bicyclic) bond motifs is 1. The Balaban J connectivity index is 2.36. The maximum atomic E-state index is 12.3. The van der Waals surface area contributed by atoms with Crippen molar-refractivity contribution in [3.8, 4) is 5.75 Å². The molecule has 2 nitrogen and oxygen atoms in total. The van der Waals surface area contributed by atoms with Crippen molar-refractivity contribution in [1.82, 2.24) is 0 Å². The van der Waals surface area contributed by atoms with E-state index in [-0.39, 0.29) is 18.1 Å². The minimum atomic E-state index is -0.463. The lowest BCUT2D eigenvalue weighted by molar-refractivity contribution is 0.0925. The third kappa shape index (κ3) is 1.80. The zero-order chi connectivity index (χ0) is 11.7. The van der Waals surface area contributed by atoms with E-state index in [1.54, 1.807) is 12.1 Å². The second-order valence-electron chi connectivity index (χ2n) is 3.89. The van der Waals surface area contributed by atoms with E-state index >= 15 is 0 Å². The van der Waals surface area contributed by atoms with Crippen LogP contribution >= 0.6 is 11.6 Å². The van der Waals surface area contributed by atoms with E-state index < -0.39 is 6.67 Å². The zero-order valence-electron chi connectivity index (χ0n) is 8.93. The predicted octanol–water partition coefficient (Wildman–Crippen LogP) is 3.06. The number of methoxy groups -OCH3 is 1. The van der Waals surface area contributed by atoms with Gasteiger partial charge in [0.2, 0.25) is 0 Å². The molecule has 0 aliphatic heterocycles. The Labute approximate surface area is 98.4 Å². The lowest BCUT2D eigenvalue weighted by Crippen LogP contribution is -2.09. The summed E-state index contributed by atoms with van der Waals surface area (Å²) in [4.78, 5) is 11.9. The molecule has 0 heterocycles. The van der Waals surface area contributed by atoms with E-state index in [1.807, 2.05) is 0 Å². The first-order chi connectivity index (χ1) is 7.67. The van der Waals surface area contributed by atoms with E-state index in [4.69, 9.17) is 16.3 Å². The molecular formula is C12H12ClFO2. The fourth-order valence-electron chi connectivity index (χ4n) is 2.09. The number of Topliss-reactive ketones (excluding diaryl/α,β-unsaturated/α-hetero) is 1. The van der Waals surface area contributed by atoms with Crippen LogP contribution in [0.15, 0.2) is 12.1 Å². The van der Waals surface area contributed by atoms with Crippen molar-refractivity contribution >= 4 is 17.4 Å². The van der Waals surface area contributed by atoms with Gasteiger partial charge in [-0.1, -0.05) is 11.6 Å². The molecule has 0 fully saturated rings. The number of rotatable bonds is 3. The number of carbonyl (C=O) groups excluding carboxylic acids is 1. The molecule has 86 valence electrons. The van der Waals surface area contributed by atoms with Crippen LogP contribution in [0.2, 0.25) is 5.02 Å². The topological polar surface area (TPSA) is 26.3 Å². The van der Waals surface area contributed by atoms with Gasteiger partial charge in [-0.05, 0) is 30.5 Å². The average Bonchev–Trinajstić information content (AvgIpc) is 2.56. The van der Waals surface area contributed by atoms with Crippen LogP contribution in [0.3, 0.4) is 0 Å². The molecule has 0 N–H and O–H groups in total. The van der Waals surface area contributed by atoms with E-state index in [0.717, 1.165) is 5.56 Å². The van der Waals surface area contributed by atoms with E-state index in [9.17, 15) is 9.18 Å². The number of benzene rings is 1. The molecular weight excluding hydrogens is 231 g/mol. The molecule has 1 atom stereocenters. The molecule has 1 aliphatic rings. The molecule has 0 saturated heterocycles. The molecule has 16 heavy (non-hydrogen) atoms. The van der Waals surface area contributed by atoms with Gasteiger partial charge in [-0.25, -0.2) is 0 Å². The van der Waals surface area contributed by atoms with E-state index in [1.165, 1.54) is 7.11 Å². The number of ether oxygens (including phenoxy) is 1. The third-order valence-electron chi connectivity index (χ3n) is 2.94. The minimum absolute atomic E-state index is 0.00259. The van der Waals surface area contributed by atoms with Crippen molar-refractivity contribution in [3.05, 3.63) is 28.3 Å². The highest BCUT2D eigenvalue weighted by molar-refractivity contribution is 6.32. The Bertz CT molecular complexity index is 431. The van der Waals surface area contributed by atoms with E-state index in [0.29, 0.717) is 22.8 Å². The quantitative estimate of drug-likeness (QED) is 0.814. The largest absolute Gasteiger partial charge is 0.495 e. The number of halogens is 2. The van der Waals surface area contributed by atoms with Crippen molar-refractivity contribution in [3.63, 3.8) is 0 Å². The number of ketones is 1. The summed E-state index contributed by atoms with van der Waals surface area (Å²) >= 11 is 5.95. The Morgan fingerprint density at radius 1 is 1.56 bits per heavy atom. The number of hydrogen-bond donors (Lipinski definition) is 0. The summed E-state index contributed by atoms with van der Waals surface area (Å²) in [5.74, 6) is 0.328. The summed E-state index contributed by atoms with van der Waals surface area (Å²) in [6, 6.07) is 3.39. The van der Waals surface area contributed by atoms with Crippen molar-refractivity contribution in [1.29, 1.82) is 0 Å². The molecule has 0 amide bonds. The van der Waals surface area contributed by atoms with Crippen molar-refractivity contribution in [2.75, 3.05) is 13.8 Å². The summed E-state index contributed by atoms with van der Waals surface area (Å²) in [6.45, 7) is -0.463. The monoisotopic (exact) mass is 242 g/mol. The van der Waals surface area contributed by atoms with Gasteiger partial charge in [-0.2, -0.15) is 0 Å². The van der Waals surface area contributed by atoms with Crippen LogP contribution in [0.25, 0.3) is 0 Å². The van der Waals surface area contributed by atoms with Gasteiger partial charge in [0, 0.05) is 11.5 Å². The minimum Gasteiger partial charge on any atom is -0.495 e. The number of alkyl halides is 1. The van der Waals surface area contributed by atoms with Gasteiger partial charge in [0.15, 0.2) is 5.78 Å². The molecule has 1 aromatic carbocycles. The van der Waals surface area contributed by atoms with Gasteiger partial charge >= 0.3 is 0 Å². The van der Waals surface area contributed by atoms with Crippen LogP contribution in [-0.2, 0) is 6.42 Å². The average molecular weight is 243 g/mol. The summed E-state index contributed by atoms with van der Waals surface area (Å²) in [6.07, 6.45) is 0.874. The van der Waals surface area contributed by atoms with Crippen LogP contribution < -0.4 is 4.74 Å². The summed E-state index contributed by atoms with van der Waals surface area (Å²) in [7, 11) is 1.53. The highest BCUT2D eigenvalue weighted by Gasteiger charge is 2.31. The van der Waals surface area contributed by atoms with Gasteiger partial charge < -0.3 is 4.74 Å². The summed E-state index contributed by atoms with van der Waals surface area (Å²) < 4.78 is 17.3. The Morgan fingerprint density at radius 3 is 2.94 bits per heavy atom. The summed E-state index contributed by atoms with van der Waals surface area (Å²) in [5.41, 5.74) is 1.52. The van der Waals surface area contributed by atoms with Crippen LogP contribution in [0, 0.1) is 5.92 Å². The van der Waals surface area contributed by atoms with Crippen LogP contribution in [0.5, 0.6) is 5.75 Å². The lowest BCUT2D eigenvalue weighted by atomic mass is 10.0. The molecule has 1 aromatic rings. The van der Waals surface area contributed by atoms with Crippen molar-refractivity contribution in [2.45, 2.75) is 12.8 Å². The van der Waals surface area contributed by atoms with Crippen molar-refractivity contribution in [2.24, 2.45) is 5.92 Å². The molecule has 0 spiro atoms. The summed E-state index contributed by atoms with van der Waals surface area (Å²) in [5, 5.41) is 0.426. The molecule has 0 saturated carbocycles. The zero-order valence-corrected chi connectivity index (χ0v) is 9.68. The SMILES string of the molecule is COc1cc2c(cc1Cl)C(=O)[C@@H](CCF)C2. The van der Waals surface area contributed by atoms with Crippen LogP contribution in [0.4, 0.5) is 4.39 Å². The van der Waals surface area contributed by atoms with Gasteiger partial charge in [-0.3, -0.25) is 9.18 Å². The second kappa shape index (κ2) is 4.42. The third-order valence-corrected chi connectivity index (χ3v) is 3.23. The number of hydrogen-bond acceptors (Lipinski definition) is 2. The molecule has 0 unspecified atom stereocenters. The maximum absolute atomic E-state index is 12.3. The smallest absolute Gasteiger partial charge is 0.166 e. The van der Waals surface area contributed by atoms with Gasteiger partial charge in [0.05, 0.1) is 18.8 Å². The van der Waals surface area contributed by atoms with Gasteiger partial charge in [0.1, 0.15) is 5.75 Å². The Morgan fingerprint density at radius 2 is 2.31 bits per heavy atom. The molecule has 2 rings (SSSR count). The molecule has 0 bridgehead atoms. The molecule has 0 radical (unpaired) electrons. The first-order valence-corrected chi connectivity index (χ1v) is 5.51. The highest BCUT2D eigenvalue weighted by Crippen LogP contribution is 2.35. The van der Waals surface area contributed by atoms with Crippen LogP contribution in [0.1, 0.15) is 22.3 Å². The molecule has 4 heteroatoms. The first-order valence-electron chi connectivity index (χ1n) is 5.14. The fraction of sp³-hybridized carbons (Fsp3) is 0.417. The lowest BCUT2D eigenvalue weighted by Gasteiger charge is -2.05. The Kier molecular flexibility index (Phi) is 3.15. The molecule has 0 aromatic heterocycles. The predicted molar refractivity (Wildman–Crippen MR) is 60.1 cm³/mol. The molecule has 1 aliphatic carbocycles. The number of carbonyl (C=O) groups is 1. The van der Waals surface area contributed by atoms with Crippen LogP contribution in [-0.4, -0.2) is 19.6 Å². The first kappa shape index (κ1) is 11.4. The van der Waals surface area contributed by atoms with Crippen molar-refractivity contribution < 1.29 is 13.9 Å². The maximum Gasteiger partial charge on any atom is 0.166 e.